The molecule has 0 aliphatic carbocycles. The molecule has 0 aliphatic rings. The molecule has 0 N–H and O–H groups in total. The van der Waals surface area contributed by atoms with Crippen LogP contribution in [0.5, 0.6) is 0 Å². The van der Waals surface area contributed by atoms with Crippen LogP contribution < -0.4 is 0 Å². The Morgan fingerprint density at radius 3 is 2.14 bits per heavy atom. The average molecular weight is 194 g/mol. The van der Waals surface area contributed by atoms with Crippen LogP contribution in [0, 0.1) is 0 Å². The van der Waals surface area contributed by atoms with Gasteiger partial charge in [0.05, 0.1) is 6.34 Å². The third kappa shape index (κ3) is 4.85. The fourth-order valence-corrected chi connectivity index (χ4v) is 1.52. The second-order valence-corrected chi connectivity index (χ2v) is 3.31. The van der Waals surface area contributed by atoms with Crippen LogP contribution in [0.15, 0.2) is 30.6 Å². The standard InChI is InChI=1S/C12H22N2/c1-5-9-12(10-6-2)14(8-4)11-13-7-3/h7-8,11-12H,3-6,9-10H2,1-2H3/b13-11-. The first-order valence-corrected chi connectivity index (χ1v) is 5.34. The molecule has 14 heavy (non-hydrogen) atoms. The summed E-state index contributed by atoms with van der Waals surface area (Å²) in [5, 5.41) is 0. The molecule has 80 valence electrons. The summed E-state index contributed by atoms with van der Waals surface area (Å²) in [7, 11) is 0. The summed E-state index contributed by atoms with van der Waals surface area (Å²) in [6, 6.07) is 0.534. The molecule has 0 fully saturated rings. The summed E-state index contributed by atoms with van der Waals surface area (Å²) in [6.07, 6.45) is 9.93. The molecule has 2 heteroatoms. The van der Waals surface area contributed by atoms with Gasteiger partial charge in [0.2, 0.25) is 0 Å². The minimum Gasteiger partial charge on any atom is -0.337 e. The molecule has 0 heterocycles. The van der Waals surface area contributed by atoms with E-state index in [9.17, 15) is 0 Å². The summed E-state index contributed by atoms with van der Waals surface area (Å²) < 4.78 is 0. The molecule has 0 unspecified atom stereocenters. The molecule has 0 aromatic heterocycles. The van der Waals surface area contributed by atoms with Gasteiger partial charge in [0.25, 0.3) is 0 Å². The zero-order chi connectivity index (χ0) is 10.8. The second-order valence-electron chi connectivity index (χ2n) is 3.31. The fraction of sp³-hybridized carbons (Fsp3) is 0.583. The molecule has 0 bridgehead atoms. The molecule has 0 radical (unpaired) electrons. The van der Waals surface area contributed by atoms with E-state index in [1.54, 1.807) is 12.5 Å². The topological polar surface area (TPSA) is 15.6 Å². The van der Waals surface area contributed by atoms with Crippen molar-refractivity contribution in [2.24, 2.45) is 4.99 Å². The summed E-state index contributed by atoms with van der Waals surface area (Å²) in [5.74, 6) is 0. The third-order valence-corrected chi connectivity index (χ3v) is 2.18. The van der Waals surface area contributed by atoms with Crippen LogP contribution in [0.4, 0.5) is 0 Å². The van der Waals surface area contributed by atoms with Crippen LogP contribution in [0.3, 0.4) is 0 Å². The number of hydrogen-bond donors (Lipinski definition) is 0. The number of nitrogens with zero attached hydrogens (tertiary/aromatic N) is 2. The SMILES string of the molecule is C=C/N=C\N(C=C)C(CCC)CCC. The highest BCUT2D eigenvalue weighted by atomic mass is 15.2. The van der Waals surface area contributed by atoms with E-state index < -0.39 is 0 Å². The van der Waals surface area contributed by atoms with Crippen molar-refractivity contribution in [3.63, 3.8) is 0 Å². The van der Waals surface area contributed by atoms with Crippen molar-refractivity contribution < 1.29 is 0 Å². The smallest absolute Gasteiger partial charge is 0.0946 e. The highest BCUT2D eigenvalue weighted by Crippen LogP contribution is 2.11. The Labute approximate surface area is 88.0 Å². The van der Waals surface area contributed by atoms with Crippen LogP contribution in [0.2, 0.25) is 0 Å². The molecule has 0 aromatic rings. The lowest BCUT2D eigenvalue weighted by molar-refractivity contribution is 0.357. The molecule has 0 spiro atoms. The molecule has 0 aromatic carbocycles. The largest absolute Gasteiger partial charge is 0.337 e. The van der Waals surface area contributed by atoms with E-state index in [4.69, 9.17) is 0 Å². The van der Waals surface area contributed by atoms with Crippen molar-refractivity contribution in [2.45, 2.75) is 45.6 Å². The Bertz CT molecular complexity index is 179. The van der Waals surface area contributed by atoms with Crippen LogP contribution in [-0.4, -0.2) is 17.3 Å². The van der Waals surface area contributed by atoms with E-state index >= 15 is 0 Å². The molecular weight excluding hydrogens is 172 g/mol. The fourth-order valence-electron chi connectivity index (χ4n) is 1.52. The highest BCUT2D eigenvalue weighted by molar-refractivity contribution is 5.57. The third-order valence-electron chi connectivity index (χ3n) is 2.18. The monoisotopic (exact) mass is 194 g/mol. The number of hydrogen-bond acceptors (Lipinski definition) is 1. The molecule has 2 nitrogen and oxygen atoms in total. The van der Waals surface area contributed by atoms with Crippen molar-refractivity contribution in [3.8, 4) is 0 Å². The van der Waals surface area contributed by atoms with Gasteiger partial charge >= 0.3 is 0 Å². The van der Waals surface area contributed by atoms with Gasteiger partial charge in [0.15, 0.2) is 0 Å². The van der Waals surface area contributed by atoms with Gasteiger partial charge in [0, 0.05) is 12.2 Å². The summed E-state index contributed by atoms with van der Waals surface area (Å²) in [4.78, 5) is 6.10. The minimum atomic E-state index is 0.534. The zero-order valence-corrected chi connectivity index (χ0v) is 9.45. The molecule has 0 amide bonds. The van der Waals surface area contributed by atoms with Gasteiger partial charge < -0.3 is 4.90 Å². The van der Waals surface area contributed by atoms with Crippen molar-refractivity contribution >= 4 is 6.34 Å². The van der Waals surface area contributed by atoms with E-state index in [1.165, 1.54) is 25.7 Å². The lowest BCUT2D eigenvalue weighted by Gasteiger charge is -2.25. The van der Waals surface area contributed by atoms with Gasteiger partial charge in [0.1, 0.15) is 0 Å². The van der Waals surface area contributed by atoms with Gasteiger partial charge in [-0.15, -0.1) is 0 Å². The van der Waals surface area contributed by atoms with Crippen molar-refractivity contribution in [2.75, 3.05) is 0 Å². The quantitative estimate of drug-likeness (QED) is 0.426. The maximum atomic E-state index is 4.02. The molecule has 0 saturated carbocycles. The minimum absolute atomic E-state index is 0.534. The van der Waals surface area contributed by atoms with E-state index in [-0.39, 0.29) is 0 Å². The summed E-state index contributed by atoms with van der Waals surface area (Å²) in [6.45, 7) is 11.8. The summed E-state index contributed by atoms with van der Waals surface area (Å²) in [5.41, 5.74) is 0. The Morgan fingerprint density at radius 2 is 1.79 bits per heavy atom. The van der Waals surface area contributed by atoms with E-state index in [0.717, 1.165) is 0 Å². The van der Waals surface area contributed by atoms with Crippen LogP contribution in [-0.2, 0) is 0 Å². The first kappa shape index (κ1) is 12.9. The lowest BCUT2D eigenvalue weighted by atomic mass is 10.1. The van der Waals surface area contributed by atoms with Gasteiger partial charge in [-0.25, -0.2) is 4.99 Å². The highest BCUT2D eigenvalue weighted by Gasteiger charge is 2.10. The Kier molecular flexibility index (Phi) is 7.90. The Hall–Kier alpha value is -1.05. The van der Waals surface area contributed by atoms with E-state index in [0.29, 0.717) is 6.04 Å². The molecular formula is C12H22N2. The zero-order valence-electron chi connectivity index (χ0n) is 9.45. The van der Waals surface area contributed by atoms with Crippen LogP contribution in [0.1, 0.15) is 39.5 Å². The maximum absolute atomic E-state index is 4.02. The van der Waals surface area contributed by atoms with Crippen molar-refractivity contribution in [1.29, 1.82) is 0 Å². The first-order chi connectivity index (χ1) is 6.79. The molecule has 0 saturated heterocycles. The average Bonchev–Trinajstić information content (AvgIpc) is 2.19. The van der Waals surface area contributed by atoms with Crippen molar-refractivity contribution in [1.82, 2.24) is 4.90 Å². The normalized spacial score (nSPS) is 10.8. The number of rotatable bonds is 8. The second kappa shape index (κ2) is 8.54. The maximum Gasteiger partial charge on any atom is 0.0946 e. The molecule has 0 atom stereocenters. The van der Waals surface area contributed by atoms with Gasteiger partial charge in [-0.3, -0.25) is 0 Å². The van der Waals surface area contributed by atoms with E-state index in [1.807, 2.05) is 6.20 Å². The Balaban J connectivity index is 4.31. The van der Waals surface area contributed by atoms with Crippen molar-refractivity contribution in [3.05, 3.63) is 25.6 Å². The van der Waals surface area contributed by atoms with E-state index in [2.05, 4.69) is 36.9 Å². The van der Waals surface area contributed by atoms with Crippen LogP contribution in [0.25, 0.3) is 0 Å². The van der Waals surface area contributed by atoms with Gasteiger partial charge in [-0.1, -0.05) is 39.8 Å². The predicted octanol–water partition coefficient (Wildman–Crippen LogP) is 3.57. The van der Waals surface area contributed by atoms with Gasteiger partial charge in [-0.05, 0) is 19.0 Å². The summed E-state index contributed by atoms with van der Waals surface area (Å²) >= 11 is 0. The van der Waals surface area contributed by atoms with Gasteiger partial charge in [-0.2, -0.15) is 0 Å². The first-order valence-electron chi connectivity index (χ1n) is 5.34. The Morgan fingerprint density at radius 1 is 1.21 bits per heavy atom. The lowest BCUT2D eigenvalue weighted by Crippen LogP contribution is -2.29. The van der Waals surface area contributed by atoms with Crippen LogP contribution >= 0.6 is 0 Å². The molecule has 0 aliphatic heterocycles. The number of aliphatic imine (C=N–C) groups is 1. The predicted molar refractivity (Wildman–Crippen MR) is 64.3 cm³/mol. The molecule has 0 rings (SSSR count).